The van der Waals surface area contributed by atoms with Crippen LogP contribution in [0.4, 0.5) is 5.69 Å². The lowest BCUT2D eigenvalue weighted by Gasteiger charge is -2.23. The molecule has 10 heteroatoms. The van der Waals surface area contributed by atoms with E-state index < -0.39 is 20.3 Å². The van der Waals surface area contributed by atoms with E-state index in [0.717, 1.165) is 5.56 Å². The number of aryl methyl sites for hydroxylation is 1. The normalized spacial score (nSPS) is 20.8. The van der Waals surface area contributed by atoms with Crippen molar-refractivity contribution in [1.82, 2.24) is 15.1 Å². The van der Waals surface area contributed by atoms with Crippen molar-refractivity contribution in [3.05, 3.63) is 56.9 Å². The Bertz CT molecular complexity index is 1040. The molecule has 1 saturated heterocycles. The van der Waals surface area contributed by atoms with Crippen molar-refractivity contribution in [3.63, 3.8) is 0 Å². The summed E-state index contributed by atoms with van der Waals surface area (Å²) in [5.41, 5.74) is 1.35. The third kappa shape index (κ3) is 4.06. The number of nitro groups is 1. The first-order valence-electron chi connectivity index (χ1n) is 8.80. The average Bonchev–Trinajstić information content (AvgIpc) is 3.02. The minimum atomic E-state index is -3.11. The Balaban J connectivity index is 1.71. The van der Waals surface area contributed by atoms with Gasteiger partial charge in [0.1, 0.15) is 11.4 Å². The largest absolute Gasteiger partial charge is 0.346 e. The maximum Gasteiger partial charge on any atom is 0.312 e. The van der Waals surface area contributed by atoms with Gasteiger partial charge in [-0.25, -0.2) is 8.42 Å². The van der Waals surface area contributed by atoms with Crippen LogP contribution in [0.5, 0.6) is 0 Å². The molecule has 1 aromatic carbocycles. The predicted octanol–water partition coefficient (Wildman–Crippen LogP) is 1.76. The molecule has 1 atom stereocenters. The van der Waals surface area contributed by atoms with Crippen LogP contribution in [-0.4, -0.2) is 46.1 Å². The zero-order chi connectivity index (χ0) is 20.7. The monoisotopic (exact) mass is 406 g/mol. The van der Waals surface area contributed by atoms with E-state index in [1.165, 1.54) is 0 Å². The molecule has 1 aliphatic heterocycles. The molecular formula is C18H22N4O5S. The van der Waals surface area contributed by atoms with Crippen LogP contribution in [0.2, 0.25) is 0 Å². The Kier molecular flexibility index (Phi) is 5.00. The highest BCUT2D eigenvalue weighted by atomic mass is 32.2. The van der Waals surface area contributed by atoms with E-state index in [1.807, 2.05) is 0 Å². The van der Waals surface area contributed by atoms with Gasteiger partial charge in [0, 0.05) is 5.56 Å². The Labute approximate surface area is 162 Å². The predicted molar refractivity (Wildman–Crippen MR) is 103 cm³/mol. The molecule has 1 aliphatic rings. The van der Waals surface area contributed by atoms with Gasteiger partial charge in [0.2, 0.25) is 0 Å². The first kappa shape index (κ1) is 20.0. The summed E-state index contributed by atoms with van der Waals surface area (Å²) in [6, 6.07) is 6.81. The molecule has 1 unspecified atom stereocenters. The summed E-state index contributed by atoms with van der Waals surface area (Å²) in [5.74, 6) is -0.300. The fourth-order valence-electron chi connectivity index (χ4n) is 3.50. The van der Waals surface area contributed by atoms with E-state index in [2.05, 4.69) is 10.4 Å². The van der Waals surface area contributed by atoms with E-state index in [0.29, 0.717) is 29.9 Å². The third-order valence-electron chi connectivity index (χ3n) is 4.99. The second kappa shape index (κ2) is 7.01. The van der Waals surface area contributed by atoms with Crippen LogP contribution in [0.1, 0.15) is 40.7 Å². The number of hydrogen-bond donors (Lipinski definition) is 1. The number of hydrogen-bond acceptors (Lipinski definition) is 6. The van der Waals surface area contributed by atoms with Crippen molar-refractivity contribution >= 4 is 21.4 Å². The highest BCUT2D eigenvalue weighted by Crippen LogP contribution is 2.24. The summed E-state index contributed by atoms with van der Waals surface area (Å²) in [6.07, 6.45) is 0.399. The standard InChI is InChI=1S/C18H22N4O5S/c1-12-16(22(24)25)13(2)21(20-12)10-14-4-6-15(7-5-14)17(23)19-18(3)8-9-28(26,27)11-18/h4-7H,8-11H2,1-3H3,(H,19,23). The van der Waals surface area contributed by atoms with Crippen LogP contribution in [0, 0.1) is 24.0 Å². The van der Waals surface area contributed by atoms with Crippen molar-refractivity contribution in [2.75, 3.05) is 11.5 Å². The Morgan fingerprint density at radius 3 is 2.46 bits per heavy atom. The average molecular weight is 406 g/mol. The molecule has 1 aromatic heterocycles. The van der Waals surface area contributed by atoms with Crippen LogP contribution in [0.3, 0.4) is 0 Å². The van der Waals surface area contributed by atoms with Crippen molar-refractivity contribution in [2.45, 2.75) is 39.3 Å². The summed E-state index contributed by atoms with van der Waals surface area (Å²) < 4.78 is 24.9. The lowest BCUT2D eigenvalue weighted by Crippen LogP contribution is -2.46. The second-order valence-corrected chi connectivity index (χ2v) is 9.67. The summed E-state index contributed by atoms with van der Waals surface area (Å²) in [7, 11) is -3.11. The number of rotatable bonds is 5. The summed E-state index contributed by atoms with van der Waals surface area (Å²) in [4.78, 5) is 23.1. The van der Waals surface area contributed by atoms with Gasteiger partial charge in [-0.1, -0.05) is 12.1 Å². The molecule has 0 bridgehead atoms. The molecule has 0 spiro atoms. The van der Waals surface area contributed by atoms with E-state index >= 15 is 0 Å². The SMILES string of the molecule is Cc1nn(Cc2ccc(C(=O)NC3(C)CCS(=O)(=O)C3)cc2)c(C)c1[N+](=O)[O-]. The number of nitrogens with zero attached hydrogens (tertiary/aromatic N) is 3. The minimum Gasteiger partial charge on any atom is -0.346 e. The van der Waals surface area contributed by atoms with Gasteiger partial charge < -0.3 is 5.32 Å². The summed E-state index contributed by atoms with van der Waals surface area (Å²) in [5, 5.41) is 18.1. The number of aromatic nitrogens is 2. The topological polar surface area (TPSA) is 124 Å². The number of sulfone groups is 1. The zero-order valence-corrected chi connectivity index (χ0v) is 16.7. The molecule has 150 valence electrons. The summed E-state index contributed by atoms with van der Waals surface area (Å²) in [6.45, 7) is 5.33. The molecule has 1 amide bonds. The highest BCUT2D eigenvalue weighted by molar-refractivity contribution is 7.91. The molecule has 1 fully saturated rings. The molecule has 1 N–H and O–H groups in total. The summed E-state index contributed by atoms with van der Waals surface area (Å²) >= 11 is 0. The van der Waals surface area contributed by atoms with Crippen LogP contribution in [0.25, 0.3) is 0 Å². The molecule has 0 saturated carbocycles. The van der Waals surface area contributed by atoms with E-state index in [4.69, 9.17) is 0 Å². The molecule has 28 heavy (non-hydrogen) atoms. The Morgan fingerprint density at radius 2 is 1.96 bits per heavy atom. The van der Waals surface area contributed by atoms with Crippen molar-refractivity contribution in [3.8, 4) is 0 Å². The first-order chi connectivity index (χ1) is 13.0. The zero-order valence-electron chi connectivity index (χ0n) is 15.9. The van der Waals surface area contributed by atoms with Gasteiger partial charge in [-0.05, 0) is 44.9 Å². The number of carbonyl (C=O) groups is 1. The number of carbonyl (C=O) groups excluding carboxylic acids is 1. The first-order valence-corrected chi connectivity index (χ1v) is 10.6. The van der Waals surface area contributed by atoms with Crippen molar-refractivity contribution in [1.29, 1.82) is 0 Å². The number of benzene rings is 1. The smallest absolute Gasteiger partial charge is 0.312 e. The van der Waals surface area contributed by atoms with Gasteiger partial charge in [-0.15, -0.1) is 0 Å². The van der Waals surface area contributed by atoms with Gasteiger partial charge in [0.05, 0.1) is 28.5 Å². The number of amides is 1. The fourth-order valence-corrected chi connectivity index (χ4v) is 5.59. The molecule has 2 heterocycles. The highest BCUT2D eigenvalue weighted by Gasteiger charge is 2.39. The van der Waals surface area contributed by atoms with E-state index in [1.54, 1.807) is 49.7 Å². The van der Waals surface area contributed by atoms with Gasteiger partial charge in [-0.3, -0.25) is 19.6 Å². The quantitative estimate of drug-likeness (QED) is 0.596. The minimum absolute atomic E-state index is 0.00996. The van der Waals surface area contributed by atoms with Crippen molar-refractivity contribution in [2.24, 2.45) is 0 Å². The van der Waals surface area contributed by atoms with E-state index in [-0.39, 0.29) is 23.1 Å². The van der Waals surface area contributed by atoms with Crippen LogP contribution in [0.15, 0.2) is 24.3 Å². The van der Waals surface area contributed by atoms with Crippen LogP contribution in [-0.2, 0) is 16.4 Å². The maximum atomic E-state index is 12.5. The maximum absolute atomic E-state index is 12.5. The molecule has 3 rings (SSSR count). The van der Waals surface area contributed by atoms with Crippen LogP contribution >= 0.6 is 0 Å². The van der Waals surface area contributed by atoms with Gasteiger partial charge in [0.25, 0.3) is 5.91 Å². The molecule has 9 nitrogen and oxygen atoms in total. The Morgan fingerprint density at radius 1 is 1.32 bits per heavy atom. The van der Waals surface area contributed by atoms with Gasteiger partial charge in [-0.2, -0.15) is 5.10 Å². The van der Waals surface area contributed by atoms with Crippen LogP contribution < -0.4 is 5.32 Å². The van der Waals surface area contributed by atoms with Gasteiger partial charge in [0.15, 0.2) is 9.84 Å². The molecular weight excluding hydrogens is 384 g/mol. The second-order valence-electron chi connectivity index (χ2n) is 7.49. The Hall–Kier alpha value is -2.75. The molecule has 0 radical (unpaired) electrons. The lowest BCUT2D eigenvalue weighted by atomic mass is 10.0. The van der Waals surface area contributed by atoms with E-state index in [9.17, 15) is 23.3 Å². The molecule has 2 aromatic rings. The number of nitrogens with one attached hydrogen (secondary N) is 1. The third-order valence-corrected chi connectivity index (χ3v) is 6.90. The lowest BCUT2D eigenvalue weighted by molar-refractivity contribution is -0.386. The fraction of sp³-hybridized carbons (Fsp3) is 0.444. The van der Waals surface area contributed by atoms with Crippen molar-refractivity contribution < 1.29 is 18.1 Å². The van der Waals surface area contributed by atoms with Gasteiger partial charge >= 0.3 is 5.69 Å². The molecule has 0 aliphatic carbocycles.